The maximum absolute atomic E-state index is 5.91. The van der Waals surface area contributed by atoms with E-state index in [1.807, 2.05) is 0 Å². The molecule has 0 aromatic rings. The molecule has 0 saturated carbocycles. The lowest BCUT2D eigenvalue weighted by molar-refractivity contribution is -0.0613. The number of hydrogen-bond acceptors (Lipinski definition) is 3. The van der Waals surface area contributed by atoms with Crippen molar-refractivity contribution in [1.29, 1.82) is 0 Å². The zero-order valence-corrected chi connectivity index (χ0v) is 7.42. The average molecular weight is 171 g/mol. The smallest absolute Gasteiger partial charge is 0.0715 e. The summed E-state index contributed by atoms with van der Waals surface area (Å²) in [7, 11) is 0. The van der Waals surface area contributed by atoms with Gasteiger partial charge in [0.15, 0.2) is 0 Å². The Labute approximate surface area is 73.4 Å². The van der Waals surface area contributed by atoms with Crippen LogP contribution in [-0.2, 0) is 9.47 Å². The van der Waals surface area contributed by atoms with Crippen LogP contribution in [0.25, 0.3) is 0 Å². The Morgan fingerprint density at radius 3 is 2.58 bits per heavy atom. The Hall–Kier alpha value is -0.120. The Bertz CT molecular complexity index is 128. The molecule has 70 valence electrons. The van der Waals surface area contributed by atoms with Crippen LogP contribution < -0.4 is 5.32 Å². The molecule has 2 aliphatic heterocycles. The van der Waals surface area contributed by atoms with E-state index in [1.165, 1.54) is 6.42 Å². The monoisotopic (exact) mass is 171 g/mol. The maximum Gasteiger partial charge on any atom is 0.0715 e. The summed E-state index contributed by atoms with van der Waals surface area (Å²) in [6.45, 7) is 3.92. The van der Waals surface area contributed by atoms with E-state index < -0.39 is 0 Å². The highest BCUT2D eigenvalue weighted by Crippen LogP contribution is 2.15. The topological polar surface area (TPSA) is 30.5 Å². The minimum atomic E-state index is 0.462. The van der Waals surface area contributed by atoms with Crippen LogP contribution in [0.4, 0.5) is 0 Å². The molecule has 2 saturated heterocycles. The van der Waals surface area contributed by atoms with Crippen molar-refractivity contribution >= 4 is 0 Å². The molecule has 0 aliphatic carbocycles. The predicted octanol–water partition coefficient (Wildman–Crippen LogP) is 0.544. The van der Waals surface area contributed by atoms with Gasteiger partial charge in [-0.05, 0) is 25.8 Å². The van der Waals surface area contributed by atoms with E-state index >= 15 is 0 Å². The Kier molecular flexibility index (Phi) is 2.98. The van der Waals surface area contributed by atoms with Gasteiger partial charge in [-0.1, -0.05) is 0 Å². The second kappa shape index (κ2) is 4.21. The van der Waals surface area contributed by atoms with E-state index in [0.29, 0.717) is 12.2 Å². The molecular weight excluding hydrogens is 154 g/mol. The zero-order valence-electron chi connectivity index (χ0n) is 7.42. The standard InChI is InChI=1S/C9H17NO2/c1-4-10-7-9(1)12-8-2-5-11-6-3-8/h8-10H,1-7H2/t9-/m1/s1. The van der Waals surface area contributed by atoms with E-state index in [4.69, 9.17) is 9.47 Å². The molecule has 0 aromatic carbocycles. The van der Waals surface area contributed by atoms with Crippen molar-refractivity contribution in [2.75, 3.05) is 26.3 Å². The average Bonchev–Trinajstić information content (AvgIpc) is 2.59. The molecule has 1 atom stereocenters. The van der Waals surface area contributed by atoms with Gasteiger partial charge in [0.2, 0.25) is 0 Å². The van der Waals surface area contributed by atoms with E-state index in [1.54, 1.807) is 0 Å². The molecule has 2 rings (SSSR count). The van der Waals surface area contributed by atoms with Gasteiger partial charge in [0.25, 0.3) is 0 Å². The lowest BCUT2D eigenvalue weighted by Crippen LogP contribution is -2.29. The van der Waals surface area contributed by atoms with Gasteiger partial charge < -0.3 is 14.8 Å². The summed E-state index contributed by atoms with van der Waals surface area (Å²) >= 11 is 0. The second-order valence-electron chi connectivity index (χ2n) is 3.56. The van der Waals surface area contributed by atoms with Crippen LogP contribution in [0, 0.1) is 0 Å². The van der Waals surface area contributed by atoms with E-state index in [2.05, 4.69) is 5.32 Å². The van der Waals surface area contributed by atoms with Gasteiger partial charge in [-0.2, -0.15) is 0 Å². The summed E-state index contributed by atoms with van der Waals surface area (Å²) in [5, 5.41) is 3.31. The highest BCUT2D eigenvalue weighted by Gasteiger charge is 2.21. The van der Waals surface area contributed by atoms with E-state index in [0.717, 1.165) is 39.1 Å². The van der Waals surface area contributed by atoms with Crippen LogP contribution in [0.15, 0.2) is 0 Å². The normalized spacial score (nSPS) is 32.5. The van der Waals surface area contributed by atoms with Crippen molar-refractivity contribution in [3.8, 4) is 0 Å². The summed E-state index contributed by atoms with van der Waals surface area (Å²) in [5.74, 6) is 0. The first-order valence-electron chi connectivity index (χ1n) is 4.89. The second-order valence-corrected chi connectivity index (χ2v) is 3.56. The van der Waals surface area contributed by atoms with Gasteiger partial charge in [-0.25, -0.2) is 0 Å². The van der Waals surface area contributed by atoms with Crippen LogP contribution in [-0.4, -0.2) is 38.5 Å². The molecule has 0 aromatic heterocycles. The van der Waals surface area contributed by atoms with Crippen molar-refractivity contribution in [1.82, 2.24) is 5.32 Å². The predicted molar refractivity (Wildman–Crippen MR) is 46.2 cm³/mol. The van der Waals surface area contributed by atoms with Crippen molar-refractivity contribution in [2.45, 2.75) is 31.5 Å². The summed E-state index contributed by atoms with van der Waals surface area (Å²) in [6.07, 6.45) is 4.27. The molecule has 2 aliphatic rings. The SMILES string of the molecule is C1C[C@@H](OC2CCOCC2)CN1. The van der Waals surface area contributed by atoms with Crippen LogP contribution in [0.2, 0.25) is 0 Å². The molecular formula is C9H17NO2. The number of rotatable bonds is 2. The molecule has 0 unspecified atom stereocenters. The Morgan fingerprint density at radius 2 is 1.92 bits per heavy atom. The molecule has 0 bridgehead atoms. The van der Waals surface area contributed by atoms with Crippen LogP contribution in [0.3, 0.4) is 0 Å². The molecule has 1 N–H and O–H groups in total. The van der Waals surface area contributed by atoms with Crippen molar-refractivity contribution in [2.24, 2.45) is 0 Å². The quantitative estimate of drug-likeness (QED) is 0.658. The van der Waals surface area contributed by atoms with Crippen molar-refractivity contribution < 1.29 is 9.47 Å². The van der Waals surface area contributed by atoms with Crippen molar-refractivity contribution in [3.63, 3.8) is 0 Å². The molecule has 3 nitrogen and oxygen atoms in total. The molecule has 3 heteroatoms. The molecule has 0 amide bonds. The third-order valence-corrected chi connectivity index (χ3v) is 2.57. The first-order valence-corrected chi connectivity index (χ1v) is 4.89. The first kappa shape index (κ1) is 8.48. The van der Waals surface area contributed by atoms with Crippen LogP contribution in [0.1, 0.15) is 19.3 Å². The van der Waals surface area contributed by atoms with Crippen LogP contribution in [0.5, 0.6) is 0 Å². The van der Waals surface area contributed by atoms with E-state index in [-0.39, 0.29) is 0 Å². The van der Waals surface area contributed by atoms with Gasteiger partial charge in [0, 0.05) is 19.8 Å². The van der Waals surface area contributed by atoms with Gasteiger partial charge in [-0.15, -0.1) is 0 Å². The fourth-order valence-corrected chi connectivity index (χ4v) is 1.83. The third kappa shape index (κ3) is 2.19. The highest BCUT2D eigenvalue weighted by atomic mass is 16.5. The van der Waals surface area contributed by atoms with Gasteiger partial charge in [-0.3, -0.25) is 0 Å². The first-order chi connectivity index (χ1) is 5.95. The molecule has 2 heterocycles. The molecule has 0 radical (unpaired) electrons. The Balaban J connectivity index is 1.69. The van der Waals surface area contributed by atoms with Gasteiger partial charge in [0.05, 0.1) is 12.2 Å². The fraction of sp³-hybridized carbons (Fsp3) is 1.00. The summed E-state index contributed by atoms with van der Waals surface area (Å²) in [4.78, 5) is 0. The van der Waals surface area contributed by atoms with Gasteiger partial charge in [0.1, 0.15) is 0 Å². The minimum absolute atomic E-state index is 0.462. The lowest BCUT2D eigenvalue weighted by Gasteiger charge is -2.25. The number of nitrogens with one attached hydrogen (secondary N) is 1. The maximum atomic E-state index is 5.91. The number of ether oxygens (including phenoxy) is 2. The number of hydrogen-bond donors (Lipinski definition) is 1. The lowest BCUT2D eigenvalue weighted by atomic mass is 10.1. The van der Waals surface area contributed by atoms with Crippen LogP contribution >= 0.6 is 0 Å². The Morgan fingerprint density at radius 1 is 1.08 bits per heavy atom. The summed E-state index contributed by atoms with van der Waals surface area (Å²) in [5.41, 5.74) is 0. The van der Waals surface area contributed by atoms with Gasteiger partial charge >= 0.3 is 0 Å². The largest absolute Gasteiger partial charge is 0.381 e. The van der Waals surface area contributed by atoms with E-state index in [9.17, 15) is 0 Å². The molecule has 0 spiro atoms. The summed E-state index contributed by atoms with van der Waals surface area (Å²) < 4.78 is 11.2. The zero-order chi connectivity index (χ0) is 8.23. The third-order valence-electron chi connectivity index (χ3n) is 2.57. The minimum Gasteiger partial charge on any atom is -0.381 e. The summed E-state index contributed by atoms with van der Waals surface area (Å²) in [6, 6.07) is 0. The molecule has 12 heavy (non-hydrogen) atoms. The highest BCUT2D eigenvalue weighted by molar-refractivity contribution is 4.74. The fourth-order valence-electron chi connectivity index (χ4n) is 1.83. The molecule has 2 fully saturated rings. The van der Waals surface area contributed by atoms with Crippen molar-refractivity contribution in [3.05, 3.63) is 0 Å².